The fourth-order valence-corrected chi connectivity index (χ4v) is 3.31. The van der Waals surface area contributed by atoms with Gasteiger partial charge in [-0.2, -0.15) is 0 Å². The second-order valence-electron chi connectivity index (χ2n) is 5.43. The Balaban J connectivity index is 0.00000121. The fourth-order valence-electron chi connectivity index (χ4n) is 3.08. The Labute approximate surface area is 156 Å². The van der Waals surface area contributed by atoms with Crippen molar-refractivity contribution in [3.63, 3.8) is 0 Å². The molecule has 3 rings (SSSR count). The summed E-state index contributed by atoms with van der Waals surface area (Å²) < 4.78 is 5.46. The monoisotopic (exact) mass is 367 g/mol. The van der Waals surface area contributed by atoms with Crippen LogP contribution in [0.15, 0.2) is 53.6 Å². The van der Waals surface area contributed by atoms with Crippen molar-refractivity contribution in [3.8, 4) is 0 Å². The zero-order chi connectivity index (χ0) is 14.1. The second kappa shape index (κ2) is 8.33. The predicted octanol–water partition coefficient (Wildman–Crippen LogP) is -1.05. The van der Waals surface area contributed by atoms with Crippen LogP contribution in [0.4, 0.5) is 0 Å². The predicted molar refractivity (Wildman–Crippen MR) is 79.7 cm³/mol. The molecular weight excluding hydrogens is 351 g/mol. The fraction of sp³-hybridized carbons (Fsp3) is 0.222. The van der Waals surface area contributed by atoms with Gasteiger partial charge in [0.05, 0.1) is 0 Å². The van der Waals surface area contributed by atoms with E-state index in [0.717, 1.165) is 6.42 Å². The van der Waals surface area contributed by atoms with Gasteiger partial charge in [0.25, 0.3) is 0 Å². The van der Waals surface area contributed by atoms with Crippen LogP contribution in [0.25, 0.3) is 16.3 Å². The summed E-state index contributed by atoms with van der Waals surface area (Å²) in [5, 5.41) is 2.58. The van der Waals surface area contributed by atoms with Crippen molar-refractivity contribution >= 4 is 16.3 Å². The Morgan fingerprint density at radius 2 is 1.77 bits per heavy atom. The molecule has 1 nitrogen and oxygen atoms in total. The van der Waals surface area contributed by atoms with E-state index in [1.54, 1.807) is 20.8 Å². The quantitative estimate of drug-likeness (QED) is 0.629. The average molecular weight is 368 g/mol. The minimum absolute atomic E-state index is 0. The van der Waals surface area contributed by atoms with Gasteiger partial charge in [0.15, 0.2) is 0 Å². The zero-order valence-corrected chi connectivity index (χ0v) is 15.7. The van der Waals surface area contributed by atoms with Gasteiger partial charge in [0.1, 0.15) is 0 Å². The van der Waals surface area contributed by atoms with Crippen LogP contribution in [0.3, 0.4) is 0 Å². The van der Waals surface area contributed by atoms with Gasteiger partial charge >= 0.3 is 132 Å². The molecule has 113 valence electrons. The van der Waals surface area contributed by atoms with Crippen molar-refractivity contribution in [2.24, 2.45) is 0 Å². The van der Waals surface area contributed by atoms with Crippen LogP contribution in [-0.4, -0.2) is 0 Å². The number of allylic oxidation sites excluding steroid dienone is 4. The molecule has 0 saturated heterocycles. The van der Waals surface area contributed by atoms with Crippen LogP contribution in [0, 0.1) is 0 Å². The van der Waals surface area contributed by atoms with Crippen LogP contribution >= 0.6 is 0 Å². The van der Waals surface area contributed by atoms with Crippen LogP contribution in [0.2, 0.25) is 0 Å². The first-order chi connectivity index (χ1) is 9.70. The van der Waals surface area contributed by atoms with E-state index in [9.17, 15) is 0 Å². The molecule has 0 bridgehead atoms. The maximum absolute atomic E-state index is 5.46. The van der Waals surface area contributed by atoms with Crippen molar-refractivity contribution in [1.82, 2.24) is 0 Å². The minimum Gasteiger partial charge on any atom is -1.00 e. The summed E-state index contributed by atoms with van der Waals surface area (Å²) in [6, 6.07) is 13.0. The molecule has 4 heteroatoms. The van der Waals surface area contributed by atoms with Crippen molar-refractivity contribution in [1.29, 1.82) is 0 Å². The molecule has 2 aromatic carbocycles. The number of fused-ring (bicyclic) bond motifs is 1. The molecule has 1 aliphatic carbocycles. The van der Waals surface area contributed by atoms with Gasteiger partial charge in [-0.25, -0.2) is 0 Å². The standard InChI is InChI=1S/C18H17O.2ClH.Ti/c1-12-9-13(2)17(10-12)16-8-7-14-5-3-4-6-15(14)18(16)11-19;;;/h3-9H,10-11H2,1-2H3;2*1H;/q-1;;;+3/p-2. The van der Waals surface area contributed by atoms with E-state index in [-0.39, 0.29) is 24.8 Å². The largest absolute Gasteiger partial charge is 1.00 e. The Morgan fingerprint density at radius 3 is 2.41 bits per heavy atom. The topological polar surface area (TPSA) is 9.23 Å². The molecule has 0 amide bonds. The summed E-state index contributed by atoms with van der Waals surface area (Å²) in [6.07, 6.45) is 3.35. The van der Waals surface area contributed by atoms with Crippen molar-refractivity contribution in [2.45, 2.75) is 26.9 Å². The van der Waals surface area contributed by atoms with E-state index in [2.05, 4.69) is 56.3 Å². The smallest absolute Gasteiger partial charge is 1.00 e. The number of benzene rings is 2. The van der Waals surface area contributed by atoms with Gasteiger partial charge in [0, 0.05) is 0 Å². The number of halogens is 2. The number of rotatable bonds is 3. The minimum atomic E-state index is 0. The summed E-state index contributed by atoms with van der Waals surface area (Å²) in [5.41, 5.74) is 6.92. The van der Waals surface area contributed by atoms with Gasteiger partial charge in [-0.05, 0) is 0 Å². The van der Waals surface area contributed by atoms with Crippen LogP contribution in [-0.2, 0) is 30.7 Å². The van der Waals surface area contributed by atoms with Crippen molar-refractivity contribution in [3.05, 3.63) is 64.7 Å². The Hall–Kier alpha value is -0.566. The third-order valence-corrected chi connectivity index (χ3v) is 4.20. The normalized spacial score (nSPS) is 13.7. The molecule has 0 unspecified atom stereocenters. The average Bonchev–Trinajstić information content (AvgIpc) is 2.78. The van der Waals surface area contributed by atoms with E-state index in [0.29, 0.717) is 6.61 Å². The van der Waals surface area contributed by atoms with Gasteiger partial charge in [-0.3, -0.25) is 0 Å². The number of hydrogen-bond donors (Lipinski definition) is 0. The van der Waals surface area contributed by atoms with E-state index in [1.807, 2.05) is 0 Å². The summed E-state index contributed by atoms with van der Waals surface area (Å²) >= 11 is 1.77. The molecule has 0 radical (unpaired) electrons. The summed E-state index contributed by atoms with van der Waals surface area (Å²) in [4.78, 5) is 0. The van der Waals surface area contributed by atoms with Crippen molar-refractivity contribution in [2.75, 3.05) is 0 Å². The van der Waals surface area contributed by atoms with E-state index in [4.69, 9.17) is 3.32 Å². The molecule has 0 spiro atoms. The summed E-state index contributed by atoms with van der Waals surface area (Å²) in [6.45, 7) is 5.07. The van der Waals surface area contributed by atoms with E-state index in [1.165, 1.54) is 38.6 Å². The zero-order valence-electron chi connectivity index (χ0n) is 12.6. The molecule has 0 atom stereocenters. The molecule has 0 aromatic heterocycles. The molecular formula is C18H17Cl2OTi. The molecule has 0 aliphatic heterocycles. The molecule has 1 aliphatic rings. The van der Waals surface area contributed by atoms with Gasteiger partial charge < -0.3 is 24.8 Å². The maximum Gasteiger partial charge on any atom is -1.00 e. The first kappa shape index (κ1) is 19.5. The molecule has 22 heavy (non-hydrogen) atoms. The van der Waals surface area contributed by atoms with Gasteiger partial charge in [-0.1, -0.05) is 0 Å². The Morgan fingerprint density at radius 1 is 1.05 bits per heavy atom. The van der Waals surface area contributed by atoms with Crippen LogP contribution in [0.1, 0.15) is 31.4 Å². The molecule has 0 saturated carbocycles. The first-order valence-corrected chi connectivity index (χ1v) is 7.51. The summed E-state index contributed by atoms with van der Waals surface area (Å²) in [7, 11) is 0. The van der Waals surface area contributed by atoms with Crippen molar-refractivity contribution < 1.29 is 49.0 Å². The van der Waals surface area contributed by atoms with Crippen LogP contribution < -0.4 is 24.8 Å². The number of hydrogen-bond acceptors (Lipinski definition) is 1. The summed E-state index contributed by atoms with van der Waals surface area (Å²) in [5.74, 6) is 0. The Kier molecular flexibility index (Phi) is 7.38. The maximum atomic E-state index is 5.46. The van der Waals surface area contributed by atoms with E-state index >= 15 is 0 Å². The first-order valence-electron chi connectivity index (χ1n) is 6.87. The van der Waals surface area contributed by atoms with Gasteiger partial charge in [0.2, 0.25) is 0 Å². The SMILES string of the molecule is CC1=CC(C)=C(c2ccc3ccccc3c2C[O][Ti+2])C1.[Cl-].[Cl-]. The molecule has 0 N–H and O–H groups in total. The molecule has 2 aromatic rings. The molecule has 0 fully saturated rings. The van der Waals surface area contributed by atoms with Crippen LogP contribution in [0.5, 0.6) is 0 Å². The third-order valence-electron chi connectivity index (χ3n) is 3.98. The second-order valence-corrected chi connectivity index (χ2v) is 5.88. The van der Waals surface area contributed by atoms with E-state index < -0.39 is 0 Å². The molecule has 0 heterocycles. The third kappa shape index (κ3) is 3.67. The van der Waals surface area contributed by atoms with Gasteiger partial charge in [-0.15, -0.1) is 0 Å². The Bertz CT molecular complexity index is 735.